The van der Waals surface area contributed by atoms with E-state index in [1.165, 1.54) is 0 Å². The van der Waals surface area contributed by atoms with Gasteiger partial charge in [-0.15, -0.1) is 0 Å². The van der Waals surface area contributed by atoms with Gasteiger partial charge in [-0.1, -0.05) is 54.1 Å². The molecule has 2 amide bonds. The lowest BCUT2D eigenvalue weighted by Gasteiger charge is -2.19. The van der Waals surface area contributed by atoms with Gasteiger partial charge in [-0.2, -0.15) is 0 Å². The van der Waals surface area contributed by atoms with Crippen LogP contribution in [-0.2, 0) is 9.59 Å². The third kappa shape index (κ3) is 3.04. The van der Waals surface area contributed by atoms with E-state index >= 15 is 0 Å². The van der Waals surface area contributed by atoms with Crippen LogP contribution in [0.3, 0.4) is 0 Å². The van der Waals surface area contributed by atoms with Gasteiger partial charge in [0.2, 0.25) is 11.8 Å². The Morgan fingerprint density at radius 3 is 2.65 bits per heavy atom. The van der Waals surface area contributed by atoms with Crippen molar-refractivity contribution < 1.29 is 9.59 Å². The predicted molar refractivity (Wildman–Crippen MR) is 104 cm³/mol. The predicted octanol–water partition coefficient (Wildman–Crippen LogP) is 4.48. The molecule has 3 aromatic carbocycles. The van der Waals surface area contributed by atoms with Crippen molar-refractivity contribution in [2.45, 2.75) is 6.42 Å². The Labute approximate surface area is 156 Å². The highest BCUT2D eigenvalue weighted by molar-refractivity contribution is 6.31. The Morgan fingerprint density at radius 2 is 1.81 bits per heavy atom. The summed E-state index contributed by atoms with van der Waals surface area (Å²) >= 11 is 5.95. The molecule has 1 N–H and O–H groups in total. The molecule has 26 heavy (non-hydrogen) atoms. The zero-order valence-electron chi connectivity index (χ0n) is 14.0. The second-order valence-electron chi connectivity index (χ2n) is 6.33. The fraction of sp³-hybridized carbons (Fsp3) is 0.143. The number of carbonyl (C=O) groups excluding carboxylic acids is 2. The quantitative estimate of drug-likeness (QED) is 0.696. The van der Waals surface area contributed by atoms with Gasteiger partial charge in [-0.3, -0.25) is 9.59 Å². The van der Waals surface area contributed by atoms with Crippen molar-refractivity contribution in [2.24, 2.45) is 5.92 Å². The number of hydrogen-bond donors (Lipinski definition) is 1. The third-order valence-electron chi connectivity index (χ3n) is 4.67. The van der Waals surface area contributed by atoms with Crippen molar-refractivity contribution in [3.05, 3.63) is 71.8 Å². The van der Waals surface area contributed by atoms with Crippen molar-refractivity contribution in [2.75, 3.05) is 16.8 Å². The molecule has 3 aromatic rings. The molecule has 1 atom stereocenters. The van der Waals surface area contributed by atoms with Crippen LogP contribution in [0.5, 0.6) is 0 Å². The zero-order valence-corrected chi connectivity index (χ0v) is 14.7. The van der Waals surface area contributed by atoms with Crippen molar-refractivity contribution in [3.63, 3.8) is 0 Å². The van der Waals surface area contributed by atoms with Crippen LogP contribution in [0.2, 0.25) is 5.02 Å². The number of fused-ring (bicyclic) bond motifs is 1. The topological polar surface area (TPSA) is 49.4 Å². The minimum Gasteiger partial charge on any atom is -0.325 e. The van der Waals surface area contributed by atoms with Crippen LogP contribution in [0, 0.1) is 5.92 Å². The number of carbonyl (C=O) groups is 2. The minimum atomic E-state index is -0.687. The highest BCUT2D eigenvalue weighted by Crippen LogP contribution is 2.32. The summed E-state index contributed by atoms with van der Waals surface area (Å²) in [6.45, 7) is 0.528. The van der Waals surface area contributed by atoms with Crippen molar-refractivity contribution in [3.8, 4) is 0 Å². The van der Waals surface area contributed by atoms with Crippen molar-refractivity contribution >= 4 is 45.6 Å². The van der Waals surface area contributed by atoms with Gasteiger partial charge in [0.15, 0.2) is 0 Å². The molecule has 1 aliphatic heterocycles. The number of nitrogens with one attached hydrogen (secondary N) is 1. The SMILES string of the molecule is O=C(Nc1cccc(Cl)c1)[C@@H]1CCN(c2cccc3ccccc23)C1=O. The van der Waals surface area contributed by atoms with E-state index in [0.717, 1.165) is 16.5 Å². The molecule has 4 nitrogen and oxygen atoms in total. The normalized spacial score (nSPS) is 16.9. The molecule has 0 unspecified atom stereocenters. The first-order valence-corrected chi connectivity index (χ1v) is 8.87. The van der Waals surface area contributed by atoms with Crippen LogP contribution in [0.1, 0.15) is 6.42 Å². The van der Waals surface area contributed by atoms with E-state index in [0.29, 0.717) is 23.7 Å². The van der Waals surface area contributed by atoms with E-state index < -0.39 is 5.92 Å². The van der Waals surface area contributed by atoms with Gasteiger partial charge in [0.1, 0.15) is 5.92 Å². The second-order valence-corrected chi connectivity index (χ2v) is 6.77. The summed E-state index contributed by atoms with van der Waals surface area (Å²) in [6.07, 6.45) is 0.494. The average Bonchev–Trinajstić information content (AvgIpc) is 3.02. The van der Waals surface area contributed by atoms with E-state index in [2.05, 4.69) is 5.32 Å². The van der Waals surface area contributed by atoms with Crippen LogP contribution >= 0.6 is 11.6 Å². The van der Waals surface area contributed by atoms with E-state index in [-0.39, 0.29) is 11.8 Å². The summed E-state index contributed by atoms with van der Waals surface area (Å²) < 4.78 is 0. The van der Waals surface area contributed by atoms with Crippen molar-refractivity contribution in [1.82, 2.24) is 0 Å². The fourth-order valence-electron chi connectivity index (χ4n) is 3.40. The number of hydrogen-bond acceptors (Lipinski definition) is 2. The van der Waals surface area contributed by atoms with Crippen LogP contribution in [-0.4, -0.2) is 18.4 Å². The first-order valence-electron chi connectivity index (χ1n) is 8.49. The number of rotatable bonds is 3. The van der Waals surface area contributed by atoms with Gasteiger partial charge < -0.3 is 10.2 Å². The fourth-order valence-corrected chi connectivity index (χ4v) is 3.59. The van der Waals surface area contributed by atoms with Crippen molar-refractivity contribution in [1.29, 1.82) is 0 Å². The third-order valence-corrected chi connectivity index (χ3v) is 4.91. The van der Waals surface area contributed by atoms with Gasteiger partial charge >= 0.3 is 0 Å². The van der Waals surface area contributed by atoms with Gasteiger partial charge in [-0.05, 0) is 36.1 Å². The molecule has 1 aliphatic rings. The maximum atomic E-state index is 12.9. The molecule has 0 saturated carbocycles. The molecule has 0 aliphatic carbocycles. The molecule has 0 bridgehead atoms. The highest BCUT2D eigenvalue weighted by atomic mass is 35.5. The molecule has 0 aromatic heterocycles. The Bertz CT molecular complexity index is 997. The second kappa shape index (κ2) is 6.81. The van der Waals surface area contributed by atoms with E-state index in [9.17, 15) is 9.59 Å². The van der Waals surface area contributed by atoms with Gasteiger partial charge in [0, 0.05) is 22.6 Å². The number of amides is 2. The van der Waals surface area contributed by atoms with Crippen LogP contribution < -0.4 is 10.2 Å². The standard InChI is InChI=1S/C21H17ClN2O2/c22-15-7-4-8-16(13-15)23-20(25)18-11-12-24(21(18)26)19-10-3-6-14-5-1-2-9-17(14)19/h1-10,13,18H,11-12H2,(H,23,25)/t18-/m0/s1. The molecule has 130 valence electrons. The lowest BCUT2D eigenvalue weighted by molar-refractivity contribution is -0.129. The monoisotopic (exact) mass is 364 g/mol. The Morgan fingerprint density at radius 1 is 1.04 bits per heavy atom. The maximum absolute atomic E-state index is 12.9. The molecule has 1 heterocycles. The molecular weight excluding hydrogens is 348 g/mol. The molecule has 0 spiro atoms. The Hall–Kier alpha value is -2.85. The van der Waals surface area contributed by atoms with Gasteiger partial charge in [0.25, 0.3) is 0 Å². The lowest BCUT2D eigenvalue weighted by Crippen LogP contribution is -2.33. The maximum Gasteiger partial charge on any atom is 0.239 e. The van der Waals surface area contributed by atoms with Gasteiger partial charge in [0.05, 0.1) is 5.69 Å². The number of anilines is 2. The van der Waals surface area contributed by atoms with Gasteiger partial charge in [-0.25, -0.2) is 0 Å². The first-order chi connectivity index (χ1) is 12.6. The lowest BCUT2D eigenvalue weighted by atomic mass is 10.1. The smallest absolute Gasteiger partial charge is 0.239 e. The largest absolute Gasteiger partial charge is 0.325 e. The van der Waals surface area contributed by atoms with Crippen LogP contribution in [0.4, 0.5) is 11.4 Å². The van der Waals surface area contributed by atoms with E-state index in [1.807, 2.05) is 42.5 Å². The minimum absolute atomic E-state index is 0.166. The molecule has 5 heteroatoms. The molecule has 1 fully saturated rings. The Kier molecular flexibility index (Phi) is 4.35. The molecule has 4 rings (SSSR count). The summed E-state index contributed by atoms with van der Waals surface area (Å²) in [5.74, 6) is -1.14. The molecular formula is C21H17ClN2O2. The van der Waals surface area contributed by atoms with Crippen LogP contribution in [0.15, 0.2) is 66.7 Å². The average molecular weight is 365 g/mol. The van der Waals surface area contributed by atoms with E-state index in [1.54, 1.807) is 29.2 Å². The summed E-state index contributed by atoms with van der Waals surface area (Å²) in [7, 11) is 0. The highest BCUT2D eigenvalue weighted by Gasteiger charge is 2.38. The van der Waals surface area contributed by atoms with E-state index in [4.69, 9.17) is 11.6 Å². The van der Waals surface area contributed by atoms with Crippen LogP contribution in [0.25, 0.3) is 10.8 Å². The number of benzene rings is 3. The number of nitrogens with zero attached hydrogens (tertiary/aromatic N) is 1. The first kappa shape index (κ1) is 16.6. The Balaban J connectivity index is 1.57. The zero-order chi connectivity index (χ0) is 18.1. The molecule has 1 saturated heterocycles. The number of halogens is 1. The summed E-state index contributed by atoms with van der Waals surface area (Å²) in [5, 5.41) is 5.42. The molecule has 0 radical (unpaired) electrons. The summed E-state index contributed by atoms with van der Waals surface area (Å²) in [4.78, 5) is 27.2. The summed E-state index contributed by atoms with van der Waals surface area (Å²) in [6, 6.07) is 20.7. The summed E-state index contributed by atoms with van der Waals surface area (Å²) in [5.41, 5.74) is 1.45.